The number of hydrogen-bond donors (Lipinski definition) is 1. The zero-order chi connectivity index (χ0) is 31.9. The van der Waals surface area contributed by atoms with Crippen LogP contribution in [0, 0.1) is 32.6 Å². The normalized spacial score (nSPS) is 16.5. The Labute approximate surface area is 268 Å². The zero-order valence-electron chi connectivity index (χ0n) is 28.9. The summed E-state index contributed by atoms with van der Waals surface area (Å²) in [7, 11) is 2.12. The van der Waals surface area contributed by atoms with Crippen molar-refractivity contribution in [2.75, 3.05) is 7.05 Å². The molecule has 2 heteroatoms. The molecule has 1 nitrogen and oxygen atoms in total. The molecule has 43 heavy (non-hydrogen) atoms. The van der Waals surface area contributed by atoms with Crippen molar-refractivity contribution < 1.29 is 0 Å². The Morgan fingerprint density at radius 3 is 2.02 bits per heavy atom. The predicted molar refractivity (Wildman–Crippen MR) is 198 cm³/mol. The van der Waals surface area contributed by atoms with Crippen molar-refractivity contribution in [3.8, 4) is 11.1 Å². The molecule has 1 aliphatic carbocycles. The summed E-state index contributed by atoms with van der Waals surface area (Å²) >= 11 is 1.93. The van der Waals surface area contributed by atoms with E-state index >= 15 is 0 Å². The molecular weight excluding hydrogens is 539 g/mol. The minimum atomic E-state index is 0.613. The molecule has 1 N–H and O–H groups in total. The largest absolute Gasteiger partial charge is 0.317 e. The third-order valence-corrected chi connectivity index (χ3v) is 10.1. The van der Waals surface area contributed by atoms with E-state index in [4.69, 9.17) is 0 Å². The lowest BCUT2D eigenvalue weighted by molar-refractivity contribution is 0.222. The van der Waals surface area contributed by atoms with E-state index in [2.05, 4.69) is 106 Å². The Morgan fingerprint density at radius 1 is 0.814 bits per heavy atom. The first-order valence-corrected chi connectivity index (χ1v) is 17.7. The smallest absolute Gasteiger partial charge is 0.0352 e. The molecule has 0 spiro atoms. The molecule has 0 radical (unpaired) electrons. The van der Waals surface area contributed by atoms with Crippen molar-refractivity contribution in [1.29, 1.82) is 0 Å². The van der Waals surface area contributed by atoms with E-state index in [1.165, 1.54) is 79.6 Å². The van der Waals surface area contributed by atoms with Crippen LogP contribution in [0.1, 0.15) is 101 Å². The van der Waals surface area contributed by atoms with Crippen LogP contribution in [-0.4, -0.2) is 13.1 Å². The van der Waals surface area contributed by atoms with Gasteiger partial charge in [0.1, 0.15) is 0 Å². The average Bonchev–Trinajstić information content (AvgIpc) is 3.41. The quantitative estimate of drug-likeness (QED) is 0.213. The van der Waals surface area contributed by atoms with Crippen molar-refractivity contribution in [3.05, 3.63) is 100 Å². The highest BCUT2D eigenvalue weighted by molar-refractivity contribution is 7.20. The van der Waals surface area contributed by atoms with Gasteiger partial charge in [-0.05, 0) is 123 Å². The molecule has 0 saturated heterocycles. The molecule has 5 rings (SSSR count). The number of nitrogens with one attached hydrogen (secondary N) is 1. The van der Waals surface area contributed by atoms with Crippen LogP contribution in [0.15, 0.2) is 73.3 Å². The standard InChI is InChI=1S/C35H41NS.3C2H6/c1-23-10-13-27(14-11-23)29-15-12-24(2)30(21-29)22-31(28-16-18-32(36-5)19-17-28)20-25(3)35-26(4)33-8-6-7-9-34(33)37-35;3*1-2/h6-15,21,28,31-32,36H,3,16-20,22H2,1-2,4-5H3;3*1-2H3/t28?,31-,32?;;;/m0.../s1. The Balaban J connectivity index is 0.00000101. The van der Waals surface area contributed by atoms with Gasteiger partial charge in [-0.1, -0.05) is 114 Å². The molecule has 0 aliphatic heterocycles. The highest BCUT2D eigenvalue weighted by atomic mass is 32.1. The van der Waals surface area contributed by atoms with Crippen LogP contribution in [0.3, 0.4) is 0 Å². The van der Waals surface area contributed by atoms with Crippen LogP contribution in [0.5, 0.6) is 0 Å². The van der Waals surface area contributed by atoms with E-state index in [0.29, 0.717) is 12.0 Å². The summed E-state index contributed by atoms with van der Waals surface area (Å²) < 4.78 is 1.38. The first-order valence-electron chi connectivity index (χ1n) is 16.9. The number of benzene rings is 3. The second-order valence-corrected chi connectivity index (χ2v) is 12.3. The summed E-state index contributed by atoms with van der Waals surface area (Å²) in [4.78, 5) is 1.40. The van der Waals surface area contributed by atoms with Crippen molar-refractivity contribution >= 4 is 27.0 Å². The molecule has 4 aromatic rings. The number of allylic oxidation sites excluding steroid dienone is 1. The summed E-state index contributed by atoms with van der Waals surface area (Å²) in [6.07, 6.45) is 7.40. The maximum atomic E-state index is 4.68. The molecule has 0 unspecified atom stereocenters. The lowest BCUT2D eigenvalue weighted by atomic mass is 9.73. The number of aryl methyl sites for hydroxylation is 3. The van der Waals surface area contributed by atoms with Crippen molar-refractivity contribution in [1.82, 2.24) is 5.32 Å². The minimum Gasteiger partial charge on any atom is -0.317 e. The highest BCUT2D eigenvalue weighted by Gasteiger charge is 2.29. The lowest BCUT2D eigenvalue weighted by Crippen LogP contribution is -2.33. The van der Waals surface area contributed by atoms with E-state index in [1.807, 2.05) is 52.9 Å². The van der Waals surface area contributed by atoms with Gasteiger partial charge >= 0.3 is 0 Å². The van der Waals surface area contributed by atoms with Gasteiger partial charge in [0, 0.05) is 15.6 Å². The summed E-state index contributed by atoms with van der Waals surface area (Å²) in [5.41, 5.74) is 9.59. The summed E-state index contributed by atoms with van der Waals surface area (Å²) in [6, 6.07) is 25.5. The van der Waals surface area contributed by atoms with E-state index in [-0.39, 0.29) is 0 Å². The molecule has 3 aromatic carbocycles. The summed E-state index contributed by atoms with van der Waals surface area (Å²) in [5, 5.41) is 4.91. The third kappa shape index (κ3) is 9.65. The van der Waals surface area contributed by atoms with Crippen LogP contribution in [0.4, 0.5) is 0 Å². The van der Waals surface area contributed by atoms with Crippen LogP contribution in [-0.2, 0) is 6.42 Å². The monoisotopic (exact) mass is 597 g/mol. The zero-order valence-corrected chi connectivity index (χ0v) is 29.8. The van der Waals surface area contributed by atoms with Gasteiger partial charge in [-0.15, -0.1) is 11.3 Å². The Bertz CT molecular complexity index is 1370. The maximum Gasteiger partial charge on any atom is 0.0352 e. The second-order valence-electron chi connectivity index (χ2n) is 11.2. The SMILES string of the molecule is C=C(C[C@@H](Cc1cc(-c2ccc(C)cc2)ccc1C)C1CCC(NC)CC1)c1sc2ccccc2c1C.CC.CC.CC. The lowest BCUT2D eigenvalue weighted by Gasteiger charge is -2.35. The van der Waals surface area contributed by atoms with Crippen molar-refractivity contribution in [2.24, 2.45) is 11.8 Å². The highest BCUT2D eigenvalue weighted by Crippen LogP contribution is 2.41. The Kier molecular flexibility index (Phi) is 16.0. The molecule has 1 aliphatic rings. The average molecular weight is 598 g/mol. The topological polar surface area (TPSA) is 12.0 Å². The molecule has 1 atom stereocenters. The minimum absolute atomic E-state index is 0.613. The van der Waals surface area contributed by atoms with Gasteiger partial charge in [-0.25, -0.2) is 0 Å². The molecule has 1 heterocycles. The van der Waals surface area contributed by atoms with Crippen LogP contribution in [0.25, 0.3) is 26.8 Å². The first kappa shape index (κ1) is 36.5. The number of thiophene rings is 1. The fraction of sp³-hybridized carbons (Fsp3) is 0.463. The van der Waals surface area contributed by atoms with Crippen LogP contribution in [0.2, 0.25) is 0 Å². The molecule has 1 fully saturated rings. The number of hydrogen-bond acceptors (Lipinski definition) is 2. The maximum absolute atomic E-state index is 4.68. The van der Waals surface area contributed by atoms with Crippen molar-refractivity contribution in [2.45, 2.75) is 107 Å². The fourth-order valence-corrected chi connectivity index (χ4v) is 7.49. The van der Waals surface area contributed by atoms with Gasteiger partial charge in [-0.2, -0.15) is 0 Å². The fourth-order valence-electron chi connectivity index (χ4n) is 6.30. The summed E-state index contributed by atoms with van der Waals surface area (Å²) in [5.74, 6) is 1.36. The van der Waals surface area contributed by atoms with Gasteiger partial charge in [-0.3, -0.25) is 0 Å². The van der Waals surface area contributed by atoms with E-state index in [0.717, 1.165) is 18.8 Å². The van der Waals surface area contributed by atoms with Gasteiger partial charge in [0.25, 0.3) is 0 Å². The van der Waals surface area contributed by atoms with E-state index < -0.39 is 0 Å². The van der Waals surface area contributed by atoms with E-state index in [9.17, 15) is 0 Å². The molecule has 0 amide bonds. The van der Waals surface area contributed by atoms with Crippen LogP contribution >= 0.6 is 11.3 Å². The Hall–Kier alpha value is -2.68. The van der Waals surface area contributed by atoms with Crippen LogP contribution < -0.4 is 5.32 Å². The van der Waals surface area contributed by atoms with Gasteiger partial charge < -0.3 is 5.32 Å². The van der Waals surface area contributed by atoms with Gasteiger partial charge in [0.05, 0.1) is 0 Å². The molecular formula is C41H59NS. The Morgan fingerprint density at radius 2 is 1.42 bits per heavy atom. The number of rotatable bonds is 8. The molecule has 1 saturated carbocycles. The van der Waals surface area contributed by atoms with E-state index in [1.54, 1.807) is 0 Å². The second kappa shape index (κ2) is 18.9. The molecule has 234 valence electrons. The van der Waals surface area contributed by atoms with Gasteiger partial charge in [0.2, 0.25) is 0 Å². The summed E-state index contributed by atoms with van der Waals surface area (Å²) in [6.45, 7) is 23.4. The third-order valence-electron chi connectivity index (χ3n) is 8.74. The van der Waals surface area contributed by atoms with Crippen molar-refractivity contribution in [3.63, 3.8) is 0 Å². The molecule has 0 bridgehead atoms. The first-order chi connectivity index (χ1) is 20.9. The predicted octanol–water partition coefficient (Wildman–Crippen LogP) is 12.6. The van der Waals surface area contributed by atoms with Gasteiger partial charge in [0.15, 0.2) is 0 Å². The molecule has 1 aromatic heterocycles. The number of fused-ring (bicyclic) bond motifs is 1.